The molecule has 242 valence electrons. The molecule has 10 nitrogen and oxygen atoms in total. The number of benzene rings is 3. The van der Waals surface area contributed by atoms with Gasteiger partial charge in [0.25, 0.3) is 11.8 Å². The van der Waals surface area contributed by atoms with Crippen LogP contribution in [0.2, 0.25) is 0 Å². The molecule has 1 aliphatic heterocycles. The summed E-state index contributed by atoms with van der Waals surface area (Å²) < 4.78 is 6.02. The van der Waals surface area contributed by atoms with Crippen molar-refractivity contribution in [1.82, 2.24) is 10.6 Å². The summed E-state index contributed by atoms with van der Waals surface area (Å²) in [4.78, 5) is 59.9. The van der Waals surface area contributed by atoms with Crippen molar-refractivity contribution >= 4 is 46.3 Å². The number of aliphatic imine (C=N–C) groups is 1. The SMILES string of the molecule is CCC(Oc1ccc(C)cc1C)C(=O)Nc1cccc(C(=O)NC2=CC(=Nc3ccc(N(C)C)cc3)C3=C(C2=O)C(C)(C)C(=O)N3)c1. The van der Waals surface area contributed by atoms with E-state index in [1.54, 1.807) is 32.0 Å². The van der Waals surface area contributed by atoms with Gasteiger partial charge < -0.3 is 25.6 Å². The van der Waals surface area contributed by atoms with Crippen LogP contribution in [0.5, 0.6) is 5.75 Å². The summed E-state index contributed by atoms with van der Waals surface area (Å²) in [5.74, 6) is -1.09. The van der Waals surface area contributed by atoms with Gasteiger partial charge in [-0.2, -0.15) is 0 Å². The fraction of sp³-hybridized carbons (Fsp3) is 0.270. The fourth-order valence-corrected chi connectivity index (χ4v) is 5.46. The molecule has 5 rings (SSSR count). The molecule has 1 atom stereocenters. The molecular formula is C37H39N5O5. The van der Waals surface area contributed by atoms with E-state index in [4.69, 9.17) is 9.73 Å². The first kappa shape index (κ1) is 32.9. The van der Waals surface area contributed by atoms with Gasteiger partial charge in [-0.1, -0.05) is 30.7 Å². The number of anilines is 2. The molecule has 0 saturated heterocycles. The predicted octanol–water partition coefficient (Wildman–Crippen LogP) is 5.54. The number of hydrogen-bond acceptors (Lipinski definition) is 7. The second kappa shape index (κ2) is 13.1. The number of aryl methyl sites for hydroxylation is 2. The molecule has 2 aliphatic rings. The van der Waals surface area contributed by atoms with Gasteiger partial charge in [-0.15, -0.1) is 0 Å². The first-order valence-electron chi connectivity index (χ1n) is 15.4. The van der Waals surface area contributed by atoms with Gasteiger partial charge in [0.15, 0.2) is 6.10 Å². The zero-order chi connectivity index (χ0) is 34.0. The molecule has 10 heteroatoms. The second-order valence-electron chi connectivity index (χ2n) is 12.4. The Morgan fingerprint density at radius 1 is 0.979 bits per heavy atom. The monoisotopic (exact) mass is 633 g/mol. The Morgan fingerprint density at radius 2 is 1.70 bits per heavy atom. The number of carbonyl (C=O) groups is 4. The molecule has 1 unspecified atom stereocenters. The molecule has 47 heavy (non-hydrogen) atoms. The first-order chi connectivity index (χ1) is 22.3. The summed E-state index contributed by atoms with van der Waals surface area (Å²) in [5.41, 5.74) is 4.02. The zero-order valence-corrected chi connectivity index (χ0v) is 27.6. The number of nitrogens with one attached hydrogen (secondary N) is 3. The van der Waals surface area contributed by atoms with Gasteiger partial charge in [-0.25, -0.2) is 4.99 Å². The minimum Gasteiger partial charge on any atom is -0.480 e. The molecule has 1 heterocycles. The second-order valence-corrected chi connectivity index (χ2v) is 12.4. The third-order valence-electron chi connectivity index (χ3n) is 8.21. The first-order valence-corrected chi connectivity index (χ1v) is 15.4. The average Bonchev–Trinajstić information content (AvgIpc) is 3.27. The lowest BCUT2D eigenvalue weighted by molar-refractivity contribution is -0.127. The summed E-state index contributed by atoms with van der Waals surface area (Å²) in [6, 6.07) is 19.7. The van der Waals surface area contributed by atoms with Crippen LogP contribution in [0, 0.1) is 19.3 Å². The molecule has 3 N–H and O–H groups in total. The van der Waals surface area contributed by atoms with Crippen molar-refractivity contribution in [2.45, 2.75) is 47.1 Å². The van der Waals surface area contributed by atoms with E-state index in [9.17, 15) is 19.2 Å². The maximum atomic E-state index is 13.7. The number of carbonyl (C=O) groups excluding carboxylic acids is 4. The van der Waals surface area contributed by atoms with Gasteiger partial charge in [0.2, 0.25) is 11.7 Å². The quantitative estimate of drug-likeness (QED) is 0.265. The van der Waals surface area contributed by atoms with Crippen LogP contribution in [-0.4, -0.2) is 49.4 Å². The van der Waals surface area contributed by atoms with Crippen LogP contribution in [0.1, 0.15) is 48.7 Å². The van der Waals surface area contributed by atoms with Crippen LogP contribution < -0.4 is 25.6 Å². The number of ketones is 1. The Bertz CT molecular complexity index is 1870. The van der Waals surface area contributed by atoms with Crippen molar-refractivity contribution in [2.75, 3.05) is 24.3 Å². The molecule has 0 aromatic heterocycles. The minimum absolute atomic E-state index is 0.00987. The summed E-state index contributed by atoms with van der Waals surface area (Å²) >= 11 is 0. The maximum Gasteiger partial charge on any atom is 0.265 e. The Balaban J connectivity index is 1.37. The van der Waals surface area contributed by atoms with Gasteiger partial charge in [-0.05, 0) is 94.3 Å². The molecule has 0 saturated carbocycles. The number of ether oxygens (including phenoxy) is 1. The van der Waals surface area contributed by atoms with Crippen molar-refractivity contribution < 1.29 is 23.9 Å². The molecule has 1 aliphatic carbocycles. The third kappa shape index (κ3) is 6.86. The lowest BCUT2D eigenvalue weighted by atomic mass is 9.79. The van der Waals surface area contributed by atoms with Crippen molar-refractivity contribution in [1.29, 1.82) is 0 Å². The Morgan fingerprint density at radius 3 is 2.36 bits per heavy atom. The fourth-order valence-electron chi connectivity index (χ4n) is 5.46. The predicted molar refractivity (Wildman–Crippen MR) is 183 cm³/mol. The third-order valence-corrected chi connectivity index (χ3v) is 8.21. The standard InChI is InChI=1S/C37H39N5O5/c1-8-29(47-30-17-12-21(2)18-22(30)3)35(45)39-25-11-9-10-23(19-25)34(44)40-28-20-27(38-24-13-15-26(16-14-24)42(6)7)32-31(33(28)43)37(4,5)36(46)41-32/h9-20,29H,8H2,1-7H3,(H,39,45)(H,40,44)(H,41,46). The molecule has 0 fully saturated rings. The van der Waals surface area contributed by atoms with Crippen LogP contribution in [0.4, 0.5) is 17.1 Å². The van der Waals surface area contributed by atoms with E-state index < -0.39 is 23.2 Å². The van der Waals surface area contributed by atoms with E-state index in [-0.39, 0.29) is 28.6 Å². The van der Waals surface area contributed by atoms with Crippen molar-refractivity contribution in [3.8, 4) is 5.75 Å². The van der Waals surface area contributed by atoms with E-state index in [0.29, 0.717) is 35.0 Å². The topological polar surface area (TPSA) is 129 Å². The Kier molecular flexibility index (Phi) is 9.15. The maximum absolute atomic E-state index is 13.7. The molecule has 0 bridgehead atoms. The molecular weight excluding hydrogens is 594 g/mol. The summed E-state index contributed by atoms with van der Waals surface area (Å²) in [5, 5.41) is 8.38. The highest BCUT2D eigenvalue weighted by Crippen LogP contribution is 2.39. The zero-order valence-electron chi connectivity index (χ0n) is 27.6. The van der Waals surface area contributed by atoms with E-state index in [2.05, 4.69) is 16.0 Å². The van der Waals surface area contributed by atoms with Crippen LogP contribution in [-0.2, 0) is 14.4 Å². The number of amides is 3. The van der Waals surface area contributed by atoms with Crippen LogP contribution in [0.15, 0.2) is 94.8 Å². The highest BCUT2D eigenvalue weighted by atomic mass is 16.5. The van der Waals surface area contributed by atoms with Gasteiger partial charge in [-0.3, -0.25) is 19.2 Å². The van der Waals surface area contributed by atoms with Gasteiger partial charge in [0.1, 0.15) is 5.75 Å². The highest BCUT2D eigenvalue weighted by Gasteiger charge is 2.48. The van der Waals surface area contributed by atoms with Gasteiger partial charge in [0.05, 0.1) is 28.2 Å². The largest absolute Gasteiger partial charge is 0.480 e. The van der Waals surface area contributed by atoms with E-state index in [1.807, 2.05) is 82.2 Å². The molecule has 3 aromatic rings. The highest BCUT2D eigenvalue weighted by molar-refractivity contribution is 6.30. The number of hydrogen-bond donors (Lipinski definition) is 3. The van der Waals surface area contributed by atoms with Crippen LogP contribution >= 0.6 is 0 Å². The summed E-state index contributed by atoms with van der Waals surface area (Å²) in [6.45, 7) is 9.11. The van der Waals surface area contributed by atoms with Gasteiger partial charge in [0, 0.05) is 36.6 Å². The molecule has 0 radical (unpaired) electrons. The Hall–Kier alpha value is -5.51. The van der Waals surface area contributed by atoms with Crippen LogP contribution in [0.25, 0.3) is 0 Å². The smallest absolute Gasteiger partial charge is 0.265 e. The molecule has 0 spiro atoms. The molecule has 3 amide bonds. The number of allylic oxidation sites excluding steroid dienone is 2. The van der Waals surface area contributed by atoms with E-state index in [0.717, 1.165) is 16.8 Å². The van der Waals surface area contributed by atoms with Crippen molar-refractivity contribution in [2.24, 2.45) is 10.4 Å². The number of rotatable bonds is 9. The van der Waals surface area contributed by atoms with E-state index in [1.165, 1.54) is 12.1 Å². The normalized spacial score (nSPS) is 16.7. The number of Topliss-reactive ketones (excluding diaryl/α,β-unsaturated/α-hetero) is 1. The van der Waals surface area contributed by atoms with Crippen molar-refractivity contribution in [3.05, 3.63) is 106 Å². The average molecular weight is 634 g/mol. The van der Waals surface area contributed by atoms with E-state index >= 15 is 0 Å². The lowest BCUT2D eigenvalue weighted by Crippen LogP contribution is -2.35. The number of nitrogens with zero attached hydrogens (tertiary/aromatic N) is 2. The Labute approximate surface area is 274 Å². The molecule has 3 aromatic carbocycles. The lowest BCUT2D eigenvalue weighted by Gasteiger charge is -2.22. The minimum atomic E-state index is -1.13. The van der Waals surface area contributed by atoms with Crippen molar-refractivity contribution in [3.63, 3.8) is 0 Å². The summed E-state index contributed by atoms with van der Waals surface area (Å²) in [6.07, 6.45) is 1.16. The van der Waals surface area contributed by atoms with Crippen LogP contribution in [0.3, 0.4) is 0 Å². The van der Waals surface area contributed by atoms with Gasteiger partial charge >= 0.3 is 0 Å². The summed E-state index contributed by atoms with van der Waals surface area (Å²) in [7, 11) is 3.87.